The van der Waals surface area contributed by atoms with Crippen LogP contribution in [0.15, 0.2) is 63.1 Å². The summed E-state index contributed by atoms with van der Waals surface area (Å²) in [6, 6.07) is 11.0. The molecule has 0 bridgehead atoms. The number of nitrogens with one attached hydrogen (secondary N) is 1. The fourth-order valence-electron chi connectivity index (χ4n) is 3.73. The van der Waals surface area contributed by atoms with Crippen LogP contribution in [0.2, 0.25) is 0 Å². The topological polar surface area (TPSA) is 98.8 Å². The fraction of sp³-hybridized carbons (Fsp3) is 0.231. The molecule has 6 heteroatoms. The van der Waals surface area contributed by atoms with Crippen molar-refractivity contribution in [1.82, 2.24) is 4.98 Å². The number of pyridine rings is 1. The van der Waals surface area contributed by atoms with E-state index in [1.165, 1.54) is 0 Å². The van der Waals surface area contributed by atoms with Crippen molar-refractivity contribution >= 4 is 17.0 Å². The first-order valence-corrected chi connectivity index (χ1v) is 10.4. The molecule has 32 heavy (non-hydrogen) atoms. The summed E-state index contributed by atoms with van der Waals surface area (Å²) in [6.45, 7) is 8.55. The molecular formula is C26H26N2O4. The number of aryl methyl sites for hydroxylation is 1. The number of benzene rings is 2. The molecule has 164 valence electrons. The Balaban J connectivity index is 1.70. The Morgan fingerprint density at radius 2 is 1.88 bits per heavy atom. The number of nitrogens with zero attached hydrogens (tertiary/aromatic N) is 1. The normalized spacial score (nSPS) is 12.1. The van der Waals surface area contributed by atoms with Gasteiger partial charge >= 0.3 is 0 Å². The van der Waals surface area contributed by atoms with Gasteiger partial charge < -0.3 is 14.6 Å². The molecule has 6 nitrogen and oxygen atoms in total. The molecule has 0 aliphatic rings. The highest BCUT2D eigenvalue weighted by Crippen LogP contribution is 2.33. The lowest BCUT2D eigenvalue weighted by Gasteiger charge is -2.19. The summed E-state index contributed by atoms with van der Waals surface area (Å²) in [5.41, 5.74) is 4.40. The van der Waals surface area contributed by atoms with Crippen LogP contribution in [-0.2, 0) is 12.0 Å². The lowest BCUT2D eigenvalue weighted by Crippen LogP contribution is -2.13. The molecule has 0 saturated carbocycles. The van der Waals surface area contributed by atoms with Gasteiger partial charge in [0.05, 0.1) is 24.6 Å². The molecule has 0 radical (unpaired) electrons. The first kappa shape index (κ1) is 21.4. The zero-order chi connectivity index (χ0) is 23.0. The Bertz CT molecular complexity index is 1370. The van der Waals surface area contributed by atoms with E-state index in [2.05, 4.69) is 30.7 Å². The molecule has 0 aliphatic carbocycles. The maximum absolute atomic E-state index is 12.3. The Morgan fingerprint density at radius 3 is 2.56 bits per heavy atom. The summed E-state index contributed by atoms with van der Waals surface area (Å²) in [5, 5.41) is 22.0. The maximum Gasteiger partial charge on any atom is 0.258 e. The highest BCUT2D eigenvalue weighted by atomic mass is 16.3. The van der Waals surface area contributed by atoms with Gasteiger partial charge in [0.25, 0.3) is 5.56 Å². The molecule has 0 unspecified atom stereocenters. The lowest BCUT2D eigenvalue weighted by molar-refractivity contribution is 0.452. The number of aromatic hydroxyl groups is 2. The second-order valence-corrected chi connectivity index (χ2v) is 9.00. The predicted octanol–water partition coefficient (Wildman–Crippen LogP) is 5.42. The van der Waals surface area contributed by atoms with Crippen molar-refractivity contribution in [3.8, 4) is 22.8 Å². The van der Waals surface area contributed by atoms with E-state index in [0.717, 1.165) is 22.3 Å². The van der Waals surface area contributed by atoms with Crippen molar-refractivity contribution in [2.75, 3.05) is 0 Å². The summed E-state index contributed by atoms with van der Waals surface area (Å²) < 4.78 is 5.11. The minimum Gasteiger partial charge on any atom is -0.507 e. The van der Waals surface area contributed by atoms with Gasteiger partial charge in [0.2, 0.25) is 5.88 Å². The van der Waals surface area contributed by atoms with Crippen LogP contribution in [0.1, 0.15) is 43.0 Å². The summed E-state index contributed by atoms with van der Waals surface area (Å²) >= 11 is 0. The second kappa shape index (κ2) is 8.04. The fourth-order valence-corrected chi connectivity index (χ4v) is 3.73. The van der Waals surface area contributed by atoms with Gasteiger partial charge in [0, 0.05) is 28.1 Å². The highest BCUT2D eigenvalue weighted by Gasteiger charge is 2.17. The average Bonchev–Trinajstić information content (AvgIpc) is 3.26. The number of phenolic OH excluding ortho intramolecular Hbond substituents is 1. The summed E-state index contributed by atoms with van der Waals surface area (Å²) in [5.74, 6) is -0.0680. The standard InChI is InChI=1S/C26H26N2O4/c1-15-9-20(16-7-8-32-14-16)23(29)10-17(15)12-27-13-22-21-11-18(26(2,3)4)5-6-19(21)24(30)28-25(22)31/h5-11,13-14,29H,12H2,1-4H3,(H2,28,30,31). The molecule has 0 spiro atoms. The van der Waals surface area contributed by atoms with E-state index >= 15 is 0 Å². The number of H-pyrrole nitrogens is 1. The molecule has 2 aromatic heterocycles. The van der Waals surface area contributed by atoms with Crippen LogP contribution in [-0.4, -0.2) is 21.4 Å². The van der Waals surface area contributed by atoms with Crippen molar-refractivity contribution < 1.29 is 14.6 Å². The number of rotatable bonds is 4. The zero-order valence-electron chi connectivity index (χ0n) is 18.6. The average molecular weight is 431 g/mol. The smallest absolute Gasteiger partial charge is 0.258 e. The minimum absolute atomic E-state index is 0.105. The Kier molecular flexibility index (Phi) is 5.38. The van der Waals surface area contributed by atoms with Crippen molar-refractivity contribution in [2.24, 2.45) is 4.99 Å². The molecule has 3 N–H and O–H groups in total. The van der Waals surface area contributed by atoms with Crippen LogP contribution in [0, 0.1) is 6.92 Å². The van der Waals surface area contributed by atoms with Crippen molar-refractivity contribution in [1.29, 1.82) is 0 Å². The summed E-state index contributed by atoms with van der Waals surface area (Å²) in [7, 11) is 0. The van der Waals surface area contributed by atoms with Crippen LogP contribution < -0.4 is 5.56 Å². The molecular weight excluding hydrogens is 404 g/mol. The number of fused-ring (bicyclic) bond motifs is 1. The van der Waals surface area contributed by atoms with E-state index in [1.807, 2.05) is 25.1 Å². The second-order valence-electron chi connectivity index (χ2n) is 9.00. The van der Waals surface area contributed by atoms with E-state index in [4.69, 9.17) is 4.42 Å². The number of aliphatic imine (C=N–C) groups is 1. The number of aromatic nitrogens is 1. The molecule has 0 amide bonds. The third-order valence-corrected chi connectivity index (χ3v) is 5.68. The van der Waals surface area contributed by atoms with E-state index in [1.54, 1.807) is 36.9 Å². The highest BCUT2D eigenvalue weighted by molar-refractivity contribution is 6.01. The number of furan rings is 1. The molecule has 4 aromatic rings. The summed E-state index contributed by atoms with van der Waals surface area (Å²) in [4.78, 5) is 19.3. The largest absolute Gasteiger partial charge is 0.507 e. The third-order valence-electron chi connectivity index (χ3n) is 5.68. The molecule has 2 heterocycles. The van der Waals surface area contributed by atoms with E-state index < -0.39 is 0 Å². The first-order chi connectivity index (χ1) is 15.1. The minimum atomic E-state index is -0.342. The van der Waals surface area contributed by atoms with E-state index in [-0.39, 0.29) is 22.6 Å². The van der Waals surface area contributed by atoms with Gasteiger partial charge in [0.15, 0.2) is 0 Å². The molecule has 4 rings (SSSR count). The quantitative estimate of drug-likeness (QED) is 0.376. The third kappa shape index (κ3) is 4.04. The number of hydrogen-bond donors (Lipinski definition) is 3. The van der Waals surface area contributed by atoms with Gasteiger partial charge in [-0.1, -0.05) is 26.8 Å². The first-order valence-electron chi connectivity index (χ1n) is 10.4. The van der Waals surface area contributed by atoms with E-state index in [0.29, 0.717) is 28.4 Å². The van der Waals surface area contributed by atoms with Gasteiger partial charge in [-0.2, -0.15) is 0 Å². The Hall–Kier alpha value is -3.80. The van der Waals surface area contributed by atoms with Gasteiger partial charge in [-0.3, -0.25) is 14.8 Å². The molecule has 0 aliphatic heterocycles. The molecule has 0 saturated heterocycles. The van der Waals surface area contributed by atoms with Gasteiger partial charge in [0.1, 0.15) is 5.75 Å². The zero-order valence-corrected chi connectivity index (χ0v) is 18.6. The van der Waals surface area contributed by atoms with Gasteiger partial charge in [-0.25, -0.2) is 0 Å². The van der Waals surface area contributed by atoms with Crippen LogP contribution in [0.25, 0.3) is 21.9 Å². The number of phenols is 1. The molecule has 0 fully saturated rings. The van der Waals surface area contributed by atoms with Crippen molar-refractivity contribution in [3.05, 3.63) is 81.5 Å². The number of hydrogen-bond acceptors (Lipinski definition) is 5. The monoisotopic (exact) mass is 430 g/mol. The Labute approximate surface area is 185 Å². The SMILES string of the molecule is Cc1cc(-c2ccoc2)c(O)cc1CN=Cc1c(O)[nH]c(=O)c2ccc(C(C)(C)C)cc12. The van der Waals surface area contributed by atoms with Gasteiger partial charge in [-0.15, -0.1) is 0 Å². The molecule has 0 atom stereocenters. The maximum atomic E-state index is 12.3. The van der Waals surface area contributed by atoms with Crippen LogP contribution in [0.3, 0.4) is 0 Å². The van der Waals surface area contributed by atoms with E-state index in [9.17, 15) is 15.0 Å². The summed E-state index contributed by atoms with van der Waals surface area (Å²) in [6.07, 6.45) is 4.72. The van der Waals surface area contributed by atoms with Gasteiger partial charge in [-0.05, 0) is 59.4 Å². The lowest BCUT2D eigenvalue weighted by atomic mass is 9.85. The van der Waals surface area contributed by atoms with Crippen LogP contribution >= 0.6 is 0 Å². The number of aromatic amines is 1. The molecule has 2 aromatic carbocycles. The van der Waals surface area contributed by atoms with Crippen LogP contribution in [0.4, 0.5) is 0 Å². The van der Waals surface area contributed by atoms with Crippen molar-refractivity contribution in [2.45, 2.75) is 39.7 Å². The predicted molar refractivity (Wildman–Crippen MR) is 127 cm³/mol. The van der Waals surface area contributed by atoms with Crippen LogP contribution in [0.5, 0.6) is 11.6 Å². The Morgan fingerprint density at radius 1 is 1.09 bits per heavy atom. The van der Waals surface area contributed by atoms with Crippen molar-refractivity contribution in [3.63, 3.8) is 0 Å².